The quantitative estimate of drug-likeness (QED) is 0.117. The summed E-state index contributed by atoms with van der Waals surface area (Å²) in [5.41, 5.74) is 6.02. The summed E-state index contributed by atoms with van der Waals surface area (Å²) in [5.74, 6) is 2.56. The molecule has 4 aromatic carbocycles. The van der Waals surface area contributed by atoms with Gasteiger partial charge >= 0.3 is 0 Å². The molecule has 4 aromatic rings. The van der Waals surface area contributed by atoms with Gasteiger partial charge in [-0.05, 0) is 71.5 Å². The maximum atomic E-state index is 5.39. The zero-order valence-corrected chi connectivity index (χ0v) is 26.1. The van der Waals surface area contributed by atoms with E-state index in [0.717, 1.165) is 47.6 Å². The number of thioether (sulfide) groups is 1. The average molecular weight is 620 g/mol. The fourth-order valence-electron chi connectivity index (χ4n) is 4.24. The lowest BCUT2D eigenvalue weighted by atomic mass is 10.1. The average Bonchev–Trinajstić information content (AvgIpc) is 2.99. The van der Waals surface area contributed by atoms with E-state index in [-0.39, 0.29) is 17.0 Å². The molecule has 0 aliphatic carbocycles. The third-order valence-corrected chi connectivity index (χ3v) is 7.61. The number of unbranched alkanes of at least 4 members (excludes halogenated alkanes) is 1. The van der Waals surface area contributed by atoms with E-state index in [1.54, 1.807) is 26.0 Å². The van der Waals surface area contributed by atoms with E-state index in [1.807, 2.05) is 24.3 Å². The summed E-state index contributed by atoms with van der Waals surface area (Å²) in [4.78, 5) is 7.57. The summed E-state index contributed by atoms with van der Waals surface area (Å²) < 4.78 is 10.8. The zero-order chi connectivity index (χ0) is 27.3. The van der Waals surface area contributed by atoms with Gasteiger partial charge in [0, 0.05) is 18.8 Å². The van der Waals surface area contributed by atoms with Crippen molar-refractivity contribution >= 4 is 39.6 Å². The van der Waals surface area contributed by atoms with Gasteiger partial charge in [0.05, 0.1) is 19.9 Å². The van der Waals surface area contributed by atoms with Crippen molar-refractivity contribution < 1.29 is 9.47 Å². The van der Waals surface area contributed by atoms with Crippen LogP contribution < -0.4 is 9.47 Å². The summed E-state index contributed by atoms with van der Waals surface area (Å²) in [6.45, 7) is 3.69. The van der Waals surface area contributed by atoms with Crippen LogP contribution in [0.25, 0.3) is 0 Å². The number of benzene rings is 4. The third kappa shape index (κ3) is 9.76. The molecule has 4 nitrogen and oxygen atoms in total. The molecule has 0 amide bonds. The molecule has 0 radical (unpaired) electrons. The molecular weight excluding hydrogens is 580 g/mol. The Kier molecular flexibility index (Phi) is 13.1. The van der Waals surface area contributed by atoms with E-state index >= 15 is 0 Å². The number of aliphatic imine (C=N–C) groups is 1. The zero-order valence-electron chi connectivity index (χ0n) is 23.6. The minimum atomic E-state index is 0. The number of ether oxygens (including phenoxy) is 2. The Bertz CT molecular complexity index is 1250. The molecule has 0 saturated heterocycles. The Morgan fingerprint density at radius 2 is 1.20 bits per heavy atom. The lowest BCUT2D eigenvalue weighted by Gasteiger charge is -2.26. The summed E-state index contributed by atoms with van der Waals surface area (Å²) in [6.07, 6.45) is 3.52. The molecule has 0 aliphatic heterocycles. The van der Waals surface area contributed by atoms with E-state index in [2.05, 4.69) is 90.7 Å². The van der Waals surface area contributed by atoms with E-state index in [9.17, 15) is 0 Å². The molecule has 0 aromatic heterocycles. The van der Waals surface area contributed by atoms with Crippen molar-refractivity contribution in [3.8, 4) is 11.5 Å². The number of nitrogens with zero attached hydrogens (tertiary/aromatic N) is 2. The molecule has 0 unspecified atom stereocenters. The minimum absolute atomic E-state index is 0. The normalized spacial score (nSPS) is 11.0. The van der Waals surface area contributed by atoms with E-state index in [0.29, 0.717) is 0 Å². The van der Waals surface area contributed by atoms with Crippen molar-refractivity contribution in [1.29, 1.82) is 0 Å². The number of amidine groups is 1. The molecule has 210 valence electrons. The lowest BCUT2D eigenvalue weighted by Crippen LogP contribution is -2.28. The number of hydrogen-bond donors (Lipinski definition) is 0. The van der Waals surface area contributed by atoms with Crippen LogP contribution in [0.5, 0.6) is 11.5 Å². The van der Waals surface area contributed by atoms with E-state index in [1.165, 1.54) is 35.1 Å². The van der Waals surface area contributed by atoms with Crippen LogP contribution >= 0.6 is 28.7 Å². The predicted molar refractivity (Wildman–Crippen MR) is 175 cm³/mol. The van der Waals surface area contributed by atoms with Crippen molar-refractivity contribution in [3.63, 3.8) is 0 Å². The fraction of sp³-hybridized carbons (Fsp3) is 0.265. The largest absolute Gasteiger partial charge is 0.497 e. The molecule has 4 rings (SSSR count). The molecule has 0 heterocycles. The van der Waals surface area contributed by atoms with Crippen molar-refractivity contribution in [3.05, 3.63) is 125 Å². The molecule has 0 spiro atoms. The Morgan fingerprint density at radius 3 is 1.70 bits per heavy atom. The molecule has 0 bridgehead atoms. The second-order valence-electron chi connectivity index (χ2n) is 9.49. The van der Waals surface area contributed by atoms with Crippen LogP contribution in [-0.2, 0) is 25.3 Å². The van der Waals surface area contributed by atoms with Crippen LogP contribution in [0.15, 0.2) is 108 Å². The predicted octanol–water partition coefficient (Wildman–Crippen LogP) is 9.25. The highest BCUT2D eigenvalue weighted by Crippen LogP contribution is 2.26. The maximum absolute atomic E-state index is 5.39. The van der Waals surface area contributed by atoms with Crippen molar-refractivity contribution in [1.82, 2.24) is 4.90 Å². The van der Waals surface area contributed by atoms with Gasteiger partial charge in [0.25, 0.3) is 0 Å². The number of methoxy groups -OCH3 is 2. The van der Waals surface area contributed by atoms with Crippen LogP contribution in [-0.4, -0.2) is 24.3 Å². The van der Waals surface area contributed by atoms with Gasteiger partial charge < -0.3 is 14.4 Å². The first-order valence-electron chi connectivity index (χ1n) is 13.5. The first kappa shape index (κ1) is 31.3. The van der Waals surface area contributed by atoms with Gasteiger partial charge in [-0.15, -0.1) is 17.0 Å². The van der Waals surface area contributed by atoms with Gasteiger partial charge in [-0.3, -0.25) is 0 Å². The molecule has 40 heavy (non-hydrogen) atoms. The van der Waals surface area contributed by atoms with Crippen molar-refractivity contribution in [2.45, 2.75) is 45.0 Å². The highest BCUT2D eigenvalue weighted by Gasteiger charge is 2.15. The van der Waals surface area contributed by atoms with Gasteiger partial charge in [-0.2, -0.15) is 0 Å². The second-order valence-corrected chi connectivity index (χ2v) is 10.4. The standard InChI is InChI=1S/C34H38N2O2S.BrH/c1-4-5-9-27-12-18-31(19-13-27)35-34(39-26-30-10-7-6-8-11-30)36(24-28-14-20-32(37-2)21-15-28)25-29-16-22-33(38-3)23-17-29;/h6-8,10-23H,4-5,9,24-26H2,1-3H3;1H. The third-order valence-electron chi connectivity index (χ3n) is 6.53. The Morgan fingerprint density at radius 1 is 0.675 bits per heavy atom. The van der Waals surface area contributed by atoms with E-state index < -0.39 is 0 Å². The molecule has 0 fully saturated rings. The first-order valence-corrected chi connectivity index (χ1v) is 14.5. The topological polar surface area (TPSA) is 34.1 Å². The van der Waals surface area contributed by atoms with Crippen LogP contribution in [0, 0.1) is 0 Å². The van der Waals surface area contributed by atoms with Gasteiger partial charge in [-0.25, -0.2) is 4.99 Å². The van der Waals surface area contributed by atoms with Crippen LogP contribution in [0.2, 0.25) is 0 Å². The SMILES string of the molecule is Br.CCCCc1ccc(N=C(SCc2ccccc2)N(Cc2ccc(OC)cc2)Cc2ccc(OC)cc2)cc1. The fourth-order valence-corrected chi connectivity index (χ4v) is 5.21. The molecule has 0 atom stereocenters. The highest BCUT2D eigenvalue weighted by molar-refractivity contribution is 8.93. The maximum Gasteiger partial charge on any atom is 0.165 e. The Balaban J connectivity index is 0.00000441. The van der Waals surface area contributed by atoms with E-state index in [4.69, 9.17) is 14.5 Å². The molecular formula is C34H39BrN2O2S. The van der Waals surface area contributed by atoms with Crippen LogP contribution in [0.4, 0.5) is 5.69 Å². The number of halogens is 1. The van der Waals surface area contributed by atoms with Crippen LogP contribution in [0.1, 0.15) is 42.0 Å². The van der Waals surface area contributed by atoms with Gasteiger partial charge in [0.2, 0.25) is 0 Å². The first-order chi connectivity index (χ1) is 19.2. The van der Waals surface area contributed by atoms with Crippen LogP contribution in [0.3, 0.4) is 0 Å². The van der Waals surface area contributed by atoms with Crippen molar-refractivity contribution in [2.24, 2.45) is 4.99 Å². The molecule has 0 saturated carbocycles. The number of aryl methyl sites for hydroxylation is 1. The summed E-state index contributed by atoms with van der Waals surface area (Å²) >= 11 is 1.78. The smallest absolute Gasteiger partial charge is 0.165 e. The van der Waals surface area contributed by atoms with Gasteiger partial charge in [0.1, 0.15) is 11.5 Å². The Labute approximate surface area is 254 Å². The summed E-state index contributed by atoms with van der Waals surface area (Å²) in [5, 5.41) is 0.992. The minimum Gasteiger partial charge on any atom is -0.497 e. The van der Waals surface area contributed by atoms with Gasteiger partial charge in [0.15, 0.2) is 5.17 Å². The van der Waals surface area contributed by atoms with Gasteiger partial charge in [-0.1, -0.05) is 91.8 Å². The second kappa shape index (κ2) is 16.8. The summed E-state index contributed by atoms with van der Waals surface area (Å²) in [6, 6.07) is 35.9. The highest BCUT2D eigenvalue weighted by atomic mass is 79.9. The monoisotopic (exact) mass is 618 g/mol. The molecule has 6 heteroatoms. The number of hydrogen-bond acceptors (Lipinski definition) is 4. The number of rotatable bonds is 12. The lowest BCUT2D eigenvalue weighted by molar-refractivity contribution is 0.405. The van der Waals surface area contributed by atoms with Crippen molar-refractivity contribution in [2.75, 3.05) is 14.2 Å². The molecule has 0 N–H and O–H groups in total. The summed E-state index contributed by atoms with van der Waals surface area (Å²) in [7, 11) is 3.40. The molecule has 0 aliphatic rings. The Hall–Kier alpha value is -3.22.